The molecule has 0 saturated carbocycles. The molecule has 1 aromatic heterocycles. The van der Waals surface area contributed by atoms with E-state index in [1.807, 2.05) is 17.8 Å². The van der Waals surface area contributed by atoms with E-state index in [0.29, 0.717) is 23.5 Å². The predicted molar refractivity (Wildman–Crippen MR) is 74.8 cm³/mol. The zero-order chi connectivity index (χ0) is 13.8. The van der Waals surface area contributed by atoms with Gasteiger partial charge in [0.15, 0.2) is 0 Å². The standard InChI is InChI=1S/C13H17N5O/c1-15-13(19)10-4-3-9(14)7-11(10)17-8-12-16-5-6-18(12)2/h3-7,17H,8,14H2,1-2H3,(H,15,19). The highest BCUT2D eigenvalue weighted by molar-refractivity contribution is 6.00. The monoisotopic (exact) mass is 259 g/mol. The maximum atomic E-state index is 11.8. The van der Waals surface area contributed by atoms with Crippen LogP contribution in [0.1, 0.15) is 16.2 Å². The molecule has 0 unspecified atom stereocenters. The van der Waals surface area contributed by atoms with E-state index in [1.54, 1.807) is 31.4 Å². The number of carbonyl (C=O) groups excluding carboxylic acids is 1. The van der Waals surface area contributed by atoms with E-state index < -0.39 is 0 Å². The molecule has 0 fully saturated rings. The summed E-state index contributed by atoms with van der Waals surface area (Å²) < 4.78 is 1.92. The zero-order valence-corrected chi connectivity index (χ0v) is 11.0. The second-order valence-corrected chi connectivity index (χ2v) is 4.19. The molecule has 0 aliphatic heterocycles. The summed E-state index contributed by atoms with van der Waals surface area (Å²) in [5, 5.41) is 5.79. The van der Waals surface area contributed by atoms with Crippen molar-refractivity contribution in [3.63, 3.8) is 0 Å². The van der Waals surface area contributed by atoms with Gasteiger partial charge in [-0.15, -0.1) is 0 Å². The minimum absolute atomic E-state index is 0.151. The molecule has 1 amide bonds. The maximum absolute atomic E-state index is 11.8. The second-order valence-electron chi connectivity index (χ2n) is 4.19. The fourth-order valence-electron chi connectivity index (χ4n) is 1.78. The Morgan fingerprint density at radius 1 is 1.47 bits per heavy atom. The zero-order valence-electron chi connectivity index (χ0n) is 11.0. The average Bonchev–Trinajstić information content (AvgIpc) is 2.81. The van der Waals surface area contributed by atoms with Gasteiger partial charge in [-0.2, -0.15) is 0 Å². The Balaban J connectivity index is 2.21. The lowest BCUT2D eigenvalue weighted by atomic mass is 10.1. The first-order valence-corrected chi connectivity index (χ1v) is 5.93. The minimum Gasteiger partial charge on any atom is -0.399 e. The summed E-state index contributed by atoms with van der Waals surface area (Å²) in [4.78, 5) is 16.0. The molecule has 0 aliphatic carbocycles. The van der Waals surface area contributed by atoms with Crippen LogP contribution in [0.25, 0.3) is 0 Å². The summed E-state index contributed by atoms with van der Waals surface area (Å²) in [6.07, 6.45) is 3.60. The molecule has 1 aromatic carbocycles. The number of aryl methyl sites for hydroxylation is 1. The van der Waals surface area contributed by atoms with Crippen LogP contribution in [0, 0.1) is 0 Å². The number of nitrogen functional groups attached to an aromatic ring is 1. The minimum atomic E-state index is -0.151. The molecule has 19 heavy (non-hydrogen) atoms. The molecule has 1 heterocycles. The number of nitrogens with one attached hydrogen (secondary N) is 2. The van der Waals surface area contributed by atoms with Gasteiger partial charge in [-0.05, 0) is 18.2 Å². The quantitative estimate of drug-likeness (QED) is 0.714. The second kappa shape index (κ2) is 5.43. The molecule has 2 rings (SSSR count). The van der Waals surface area contributed by atoms with Crippen LogP contribution < -0.4 is 16.4 Å². The largest absolute Gasteiger partial charge is 0.399 e. The number of aromatic nitrogens is 2. The van der Waals surface area contributed by atoms with Crippen LogP contribution in [0.3, 0.4) is 0 Å². The molecule has 4 N–H and O–H groups in total. The van der Waals surface area contributed by atoms with Crippen molar-refractivity contribution in [3.8, 4) is 0 Å². The molecule has 0 atom stereocenters. The van der Waals surface area contributed by atoms with Crippen molar-refractivity contribution >= 4 is 17.3 Å². The van der Waals surface area contributed by atoms with Crippen LogP contribution in [0.15, 0.2) is 30.6 Å². The van der Waals surface area contributed by atoms with E-state index in [2.05, 4.69) is 15.6 Å². The molecule has 0 saturated heterocycles. The van der Waals surface area contributed by atoms with Crippen LogP contribution in [-0.4, -0.2) is 22.5 Å². The Morgan fingerprint density at radius 3 is 2.89 bits per heavy atom. The third-order valence-corrected chi connectivity index (χ3v) is 2.87. The van der Waals surface area contributed by atoms with Crippen molar-refractivity contribution < 1.29 is 4.79 Å². The average molecular weight is 259 g/mol. The summed E-state index contributed by atoms with van der Waals surface area (Å²) in [6.45, 7) is 0.525. The molecule has 0 aliphatic rings. The normalized spacial score (nSPS) is 10.2. The van der Waals surface area contributed by atoms with Crippen LogP contribution >= 0.6 is 0 Å². The summed E-state index contributed by atoms with van der Waals surface area (Å²) in [6, 6.07) is 5.15. The highest BCUT2D eigenvalue weighted by atomic mass is 16.1. The highest BCUT2D eigenvalue weighted by Crippen LogP contribution is 2.19. The van der Waals surface area contributed by atoms with Gasteiger partial charge < -0.3 is 20.9 Å². The van der Waals surface area contributed by atoms with Crippen molar-refractivity contribution in [1.29, 1.82) is 0 Å². The van der Waals surface area contributed by atoms with E-state index in [4.69, 9.17) is 5.73 Å². The van der Waals surface area contributed by atoms with Crippen molar-refractivity contribution in [1.82, 2.24) is 14.9 Å². The molecule has 2 aromatic rings. The third-order valence-electron chi connectivity index (χ3n) is 2.87. The lowest BCUT2D eigenvalue weighted by Gasteiger charge is -2.12. The number of anilines is 2. The SMILES string of the molecule is CNC(=O)c1ccc(N)cc1NCc1nccn1C. The first-order valence-electron chi connectivity index (χ1n) is 5.93. The number of hydrogen-bond acceptors (Lipinski definition) is 4. The molecule has 0 bridgehead atoms. The summed E-state index contributed by atoms with van der Waals surface area (Å²) >= 11 is 0. The fraction of sp³-hybridized carbons (Fsp3) is 0.231. The Labute approximate surface area is 111 Å². The van der Waals surface area contributed by atoms with E-state index in [1.165, 1.54) is 0 Å². The van der Waals surface area contributed by atoms with Gasteiger partial charge in [0.05, 0.1) is 12.1 Å². The van der Waals surface area contributed by atoms with Gasteiger partial charge in [0.25, 0.3) is 5.91 Å². The number of nitrogens with zero attached hydrogens (tertiary/aromatic N) is 2. The van der Waals surface area contributed by atoms with Gasteiger partial charge >= 0.3 is 0 Å². The van der Waals surface area contributed by atoms with Gasteiger partial charge in [-0.25, -0.2) is 4.98 Å². The highest BCUT2D eigenvalue weighted by Gasteiger charge is 2.10. The fourth-order valence-corrected chi connectivity index (χ4v) is 1.78. The molecule has 0 radical (unpaired) electrons. The molecular formula is C13H17N5O. The smallest absolute Gasteiger partial charge is 0.253 e. The van der Waals surface area contributed by atoms with Gasteiger partial charge in [0, 0.05) is 37.9 Å². The lowest BCUT2D eigenvalue weighted by molar-refractivity contribution is 0.0964. The molecule has 0 spiro atoms. The van der Waals surface area contributed by atoms with Crippen molar-refractivity contribution in [2.24, 2.45) is 7.05 Å². The summed E-state index contributed by atoms with van der Waals surface area (Å²) in [5.74, 6) is 0.729. The van der Waals surface area contributed by atoms with E-state index >= 15 is 0 Å². The van der Waals surface area contributed by atoms with Crippen LogP contribution in [0.4, 0.5) is 11.4 Å². The molecular weight excluding hydrogens is 242 g/mol. The maximum Gasteiger partial charge on any atom is 0.253 e. The Bertz CT molecular complexity index is 590. The van der Waals surface area contributed by atoms with Gasteiger partial charge in [-0.1, -0.05) is 0 Å². The number of nitrogens with two attached hydrogens (primary N) is 1. The summed E-state index contributed by atoms with van der Waals surface area (Å²) in [7, 11) is 3.52. The van der Waals surface area contributed by atoms with E-state index in [-0.39, 0.29) is 5.91 Å². The van der Waals surface area contributed by atoms with Gasteiger partial charge in [0.1, 0.15) is 5.82 Å². The van der Waals surface area contributed by atoms with Gasteiger partial charge in [0.2, 0.25) is 0 Å². The molecule has 6 nitrogen and oxygen atoms in total. The number of benzene rings is 1. The Hall–Kier alpha value is -2.50. The number of imidazole rings is 1. The van der Waals surface area contributed by atoms with Crippen LogP contribution in [0.2, 0.25) is 0 Å². The number of amides is 1. The topological polar surface area (TPSA) is 85.0 Å². The number of hydrogen-bond donors (Lipinski definition) is 3. The first kappa shape index (κ1) is 12.9. The predicted octanol–water partition coefficient (Wildman–Crippen LogP) is 0.974. The molecule has 6 heteroatoms. The van der Waals surface area contributed by atoms with Crippen LogP contribution in [0.5, 0.6) is 0 Å². The van der Waals surface area contributed by atoms with E-state index in [0.717, 1.165) is 5.82 Å². The van der Waals surface area contributed by atoms with Crippen LogP contribution in [-0.2, 0) is 13.6 Å². The Kier molecular flexibility index (Phi) is 3.70. The lowest BCUT2D eigenvalue weighted by Crippen LogP contribution is -2.20. The van der Waals surface area contributed by atoms with E-state index in [9.17, 15) is 4.79 Å². The van der Waals surface area contributed by atoms with Crippen molar-refractivity contribution in [2.45, 2.75) is 6.54 Å². The molecule has 100 valence electrons. The summed E-state index contributed by atoms with van der Waals surface area (Å²) in [5.41, 5.74) is 7.62. The van der Waals surface area contributed by atoms with Gasteiger partial charge in [-0.3, -0.25) is 4.79 Å². The number of rotatable bonds is 4. The first-order chi connectivity index (χ1) is 9.11. The number of carbonyl (C=O) groups is 1. The van der Waals surface area contributed by atoms with Crippen molar-refractivity contribution in [3.05, 3.63) is 42.0 Å². The Morgan fingerprint density at radius 2 is 2.26 bits per heavy atom. The third kappa shape index (κ3) is 2.85. The van der Waals surface area contributed by atoms with Crippen molar-refractivity contribution in [2.75, 3.05) is 18.1 Å².